The molecule has 1 aliphatic heterocycles. The van der Waals surface area contributed by atoms with Crippen LogP contribution in [0.1, 0.15) is 74.5 Å². The fourth-order valence-electron chi connectivity index (χ4n) is 5.81. The first kappa shape index (κ1) is 31.7. The lowest BCUT2D eigenvalue weighted by molar-refractivity contribution is 0.0633. The highest BCUT2D eigenvalue weighted by atomic mass is 32.2. The van der Waals surface area contributed by atoms with Gasteiger partial charge in [0.05, 0.1) is 10.6 Å². The molecule has 1 aliphatic rings. The van der Waals surface area contributed by atoms with E-state index in [0.717, 1.165) is 50.0 Å². The molecule has 1 fully saturated rings. The molecule has 232 valence electrons. The summed E-state index contributed by atoms with van der Waals surface area (Å²) in [5.41, 5.74) is 3.92. The zero-order valence-electron chi connectivity index (χ0n) is 25.9. The Hall–Kier alpha value is -3.75. The van der Waals surface area contributed by atoms with E-state index in [0.29, 0.717) is 40.1 Å². The Bertz CT molecular complexity index is 1790. The molecule has 0 aliphatic carbocycles. The number of anilines is 1. The highest BCUT2D eigenvalue weighted by molar-refractivity contribution is 7.92. The number of ether oxygens (including phenoxy) is 1. The van der Waals surface area contributed by atoms with Gasteiger partial charge in [-0.1, -0.05) is 51.6 Å². The highest BCUT2D eigenvalue weighted by Crippen LogP contribution is 2.38. The zero-order valence-corrected chi connectivity index (χ0v) is 26.7. The number of aromatic amines is 1. The van der Waals surface area contributed by atoms with Crippen LogP contribution in [0.2, 0.25) is 0 Å². The molecule has 4 aromatic rings. The normalized spacial score (nSPS) is 14.6. The number of Topliss-reactive ketones (excluding diaryl/α,β-unsaturated/α-hetero) is 1. The summed E-state index contributed by atoms with van der Waals surface area (Å²) in [4.78, 5) is 17.1. The fourth-order valence-corrected chi connectivity index (χ4v) is 6.86. The predicted molar refractivity (Wildman–Crippen MR) is 175 cm³/mol. The van der Waals surface area contributed by atoms with Crippen LogP contribution in [0.4, 0.5) is 10.1 Å². The maximum Gasteiger partial charge on any atom is 0.261 e. The molecule has 2 N–H and O–H groups in total. The first-order chi connectivity index (χ1) is 20.8. The second-order valence-electron chi connectivity index (χ2n) is 12.9. The van der Waals surface area contributed by atoms with E-state index < -0.39 is 15.8 Å². The molecule has 0 amide bonds. The van der Waals surface area contributed by atoms with Crippen LogP contribution in [0.25, 0.3) is 22.0 Å². The van der Waals surface area contributed by atoms with E-state index >= 15 is 4.39 Å². The maximum absolute atomic E-state index is 15.4. The van der Waals surface area contributed by atoms with Gasteiger partial charge < -0.3 is 9.72 Å². The minimum absolute atomic E-state index is 0.109. The van der Waals surface area contributed by atoms with Gasteiger partial charge >= 0.3 is 0 Å². The number of nitrogens with one attached hydrogen (secondary N) is 2. The van der Waals surface area contributed by atoms with Gasteiger partial charge in [-0.3, -0.25) is 9.52 Å². The van der Waals surface area contributed by atoms with Gasteiger partial charge in [0.1, 0.15) is 5.82 Å². The lowest BCUT2D eigenvalue weighted by Crippen LogP contribution is -2.15. The third-order valence-electron chi connectivity index (χ3n) is 8.46. The highest BCUT2D eigenvalue weighted by Gasteiger charge is 2.25. The van der Waals surface area contributed by atoms with Gasteiger partial charge in [-0.05, 0) is 103 Å². The topological polar surface area (TPSA) is 88.3 Å². The molecule has 0 atom stereocenters. The van der Waals surface area contributed by atoms with Crippen LogP contribution in [0.15, 0.2) is 77.7 Å². The largest absolute Gasteiger partial charge is 0.381 e. The van der Waals surface area contributed by atoms with Gasteiger partial charge in [-0.25, -0.2) is 12.8 Å². The van der Waals surface area contributed by atoms with Gasteiger partial charge in [0.2, 0.25) is 5.78 Å². The van der Waals surface area contributed by atoms with Crippen LogP contribution in [0.5, 0.6) is 0 Å². The molecule has 5 rings (SSSR count). The lowest BCUT2D eigenvalue weighted by Gasteiger charge is -2.21. The number of hydrogen-bond acceptors (Lipinski definition) is 4. The zero-order chi connectivity index (χ0) is 31.6. The van der Waals surface area contributed by atoms with E-state index in [1.165, 1.54) is 6.07 Å². The summed E-state index contributed by atoms with van der Waals surface area (Å²) in [6.45, 7) is 13.7. The lowest BCUT2D eigenvalue weighted by atomic mass is 9.87. The van der Waals surface area contributed by atoms with Crippen LogP contribution < -0.4 is 4.72 Å². The molecule has 6 nitrogen and oxygen atoms in total. The van der Waals surface area contributed by atoms with Crippen LogP contribution in [0.3, 0.4) is 0 Å². The first-order valence-corrected chi connectivity index (χ1v) is 16.7. The third kappa shape index (κ3) is 6.97. The van der Waals surface area contributed by atoms with E-state index in [9.17, 15) is 13.2 Å². The molecule has 44 heavy (non-hydrogen) atoms. The van der Waals surface area contributed by atoms with Crippen LogP contribution in [-0.4, -0.2) is 32.4 Å². The average Bonchev–Trinajstić information content (AvgIpc) is 3.35. The van der Waals surface area contributed by atoms with Crippen molar-refractivity contribution in [3.05, 3.63) is 95.5 Å². The summed E-state index contributed by atoms with van der Waals surface area (Å²) in [6.07, 6.45) is 4.46. The summed E-state index contributed by atoms with van der Waals surface area (Å²) in [5.74, 6) is -0.144. The van der Waals surface area contributed by atoms with Gasteiger partial charge in [-0.15, -0.1) is 0 Å². The monoisotopic (exact) mass is 616 g/mol. The van der Waals surface area contributed by atoms with Crippen molar-refractivity contribution in [1.82, 2.24) is 4.98 Å². The van der Waals surface area contributed by atoms with Crippen molar-refractivity contribution in [1.29, 1.82) is 0 Å². The molecule has 2 heterocycles. The molecular weight excluding hydrogens is 575 g/mol. The SMILES string of the molecule is C=C(CCCC1CCOCC1)C(=O)c1[nH]c2ccc(NS(=O)(=O)c3ccc(C(C)(C)C)cc3)cc2c1-c1ccc(C)cc1F. The van der Waals surface area contributed by atoms with Crippen molar-refractivity contribution in [2.45, 2.75) is 70.1 Å². The number of halogens is 1. The van der Waals surface area contributed by atoms with Crippen molar-refractivity contribution in [2.24, 2.45) is 5.92 Å². The third-order valence-corrected chi connectivity index (χ3v) is 9.85. The molecule has 1 aromatic heterocycles. The first-order valence-electron chi connectivity index (χ1n) is 15.2. The van der Waals surface area contributed by atoms with Crippen LogP contribution >= 0.6 is 0 Å². The minimum Gasteiger partial charge on any atom is -0.381 e. The quantitative estimate of drug-likeness (QED) is 0.138. The molecule has 1 saturated heterocycles. The summed E-state index contributed by atoms with van der Waals surface area (Å²) >= 11 is 0. The number of H-pyrrole nitrogens is 1. The number of aryl methyl sites for hydroxylation is 1. The molecule has 0 radical (unpaired) electrons. The molecule has 0 spiro atoms. The van der Waals surface area contributed by atoms with Crippen molar-refractivity contribution < 1.29 is 22.3 Å². The van der Waals surface area contributed by atoms with E-state index in [4.69, 9.17) is 4.74 Å². The molecule has 3 aromatic carbocycles. The molecule has 8 heteroatoms. The standard InChI is InChI=1S/C36H41FN2O4S/c1-23-9-15-29(31(37)21-23)33-30-22-27(39-44(41,42)28-13-10-26(11-14-28)36(3,4)5)12-16-32(30)38-34(33)35(40)24(2)7-6-8-25-17-19-43-20-18-25/h9-16,21-22,25,38-39H,2,6-8,17-20H2,1,3-5H3. The minimum atomic E-state index is -3.90. The second-order valence-corrected chi connectivity index (χ2v) is 14.6. The summed E-state index contributed by atoms with van der Waals surface area (Å²) in [6, 6.07) is 16.7. The number of carbonyl (C=O) groups is 1. The molecular formula is C36H41FN2O4S. The fraction of sp³-hybridized carbons (Fsp3) is 0.361. The van der Waals surface area contributed by atoms with E-state index in [-0.39, 0.29) is 27.4 Å². The Kier molecular flexibility index (Phi) is 9.14. The van der Waals surface area contributed by atoms with Gasteiger partial charge in [0, 0.05) is 40.9 Å². The number of fused-ring (bicyclic) bond motifs is 1. The molecule has 0 bridgehead atoms. The van der Waals surface area contributed by atoms with Gasteiger partial charge in [0.15, 0.2) is 0 Å². The van der Waals surface area contributed by atoms with E-state index in [1.807, 2.05) is 12.1 Å². The smallest absolute Gasteiger partial charge is 0.261 e. The Morgan fingerprint density at radius 3 is 2.41 bits per heavy atom. The number of aromatic nitrogens is 1. The van der Waals surface area contributed by atoms with Crippen molar-refractivity contribution >= 4 is 32.4 Å². The number of hydrogen-bond donors (Lipinski definition) is 2. The second kappa shape index (κ2) is 12.7. The number of carbonyl (C=O) groups excluding carboxylic acids is 1. The average molecular weight is 617 g/mol. The summed E-state index contributed by atoms with van der Waals surface area (Å²) in [7, 11) is -3.90. The van der Waals surface area contributed by atoms with Crippen LogP contribution in [0, 0.1) is 18.7 Å². The van der Waals surface area contributed by atoms with Crippen molar-refractivity contribution in [2.75, 3.05) is 17.9 Å². The number of ketones is 1. The van der Waals surface area contributed by atoms with E-state index in [2.05, 4.69) is 37.1 Å². The Balaban J connectivity index is 1.47. The van der Waals surface area contributed by atoms with Crippen molar-refractivity contribution in [3.63, 3.8) is 0 Å². The molecule has 0 unspecified atom stereocenters. The maximum atomic E-state index is 15.4. The van der Waals surface area contributed by atoms with E-state index in [1.54, 1.807) is 49.4 Å². The number of benzene rings is 3. The van der Waals surface area contributed by atoms with Crippen molar-refractivity contribution in [3.8, 4) is 11.1 Å². The number of allylic oxidation sites excluding steroid dienone is 1. The summed E-state index contributed by atoms with van der Waals surface area (Å²) < 4.78 is 50.2. The van der Waals surface area contributed by atoms with Crippen LogP contribution in [-0.2, 0) is 20.2 Å². The number of sulfonamides is 1. The van der Waals surface area contributed by atoms with Gasteiger partial charge in [-0.2, -0.15) is 0 Å². The summed E-state index contributed by atoms with van der Waals surface area (Å²) in [5, 5.41) is 0.536. The molecule has 0 saturated carbocycles. The van der Waals surface area contributed by atoms with Gasteiger partial charge in [0.25, 0.3) is 10.0 Å². The Labute approximate surface area is 259 Å². The Morgan fingerprint density at radius 1 is 1.05 bits per heavy atom. The number of rotatable bonds is 10. The predicted octanol–water partition coefficient (Wildman–Crippen LogP) is 8.72. The Morgan fingerprint density at radius 2 is 1.75 bits per heavy atom.